The van der Waals surface area contributed by atoms with Crippen LogP contribution in [-0.4, -0.2) is 26.5 Å². The minimum Gasteiger partial charge on any atom is -0.367 e. The van der Waals surface area contributed by atoms with Gasteiger partial charge in [0.05, 0.1) is 12.6 Å². The summed E-state index contributed by atoms with van der Waals surface area (Å²) in [6.07, 6.45) is 6.37. The Morgan fingerprint density at radius 2 is 2.10 bits per heavy atom. The Kier molecular flexibility index (Phi) is 4.78. The number of hydrogen-bond donors (Lipinski definition) is 3. The van der Waals surface area contributed by atoms with Crippen molar-refractivity contribution in [2.24, 2.45) is 0 Å². The van der Waals surface area contributed by atoms with Crippen LogP contribution in [-0.2, 0) is 11.3 Å². The molecular formula is C22H21BrN6O. The first-order valence-corrected chi connectivity index (χ1v) is 10.7. The minimum absolute atomic E-state index is 0.0383. The number of carbonyl (C=O) groups excluding carboxylic acids is 1. The van der Waals surface area contributed by atoms with Gasteiger partial charge in [0.1, 0.15) is 11.6 Å². The quantitative estimate of drug-likeness (QED) is 0.511. The second-order valence-electron chi connectivity index (χ2n) is 7.63. The van der Waals surface area contributed by atoms with Gasteiger partial charge in [0.15, 0.2) is 5.65 Å². The fourth-order valence-corrected chi connectivity index (χ4v) is 3.67. The second kappa shape index (κ2) is 7.60. The second-order valence-corrected chi connectivity index (χ2v) is 8.55. The van der Waals surface area contributed by atoms with Crippen molar-refractivity contribution in [1.82, 2.24) is 19.9 Å². The van der Waals surface area contributed by atoms with E-state index in [0.29, 0.717) is 24.7 Å². The lowest BCUT2D eigenvalue weighted by molar-refractivity contribution is -0.118. The molecule has 0 spiro atoms. The van der Waals surface area contributed by atoms with Crippen LogP contribution in [0.3, 0.4) is 0 Å². The molecule has 1 amide bonds. The molecule has 2 fully saturated rings. The molecule has 1 aliphatic heterocycles. The summed E-state index contributed by atoms with van der Waals surface area (Å²) < 4.78 is 2.88. The Morgan fingerprint density at radius 1 is 1.30 bits per heavy atom. The molecule has 5 rings (SSSR count). The predicted octanol–water partition coefficient (Wildman–Crippen LogP) is 4.10. The first-order valence-electron chi connectivity index (χ1n) is 9.88. The summed E-state index contributed by atoms with van der Waals surface area (Å²) in [5, 5.41) is 14.2. The van der Waals surface area contributed by atoms with Gasteiger partial charge in [-0.3, -0.25) is 4.79 Å². The summed E-state index contributed by atoms with van der Waals surface area (Å²) in [6.45, 7) is 4.59. The summed E-state index contributed by atoms with van der Waals surface area (Å²) in [6, 6.07) is 10.7. The molecule has 152 valence electrons. The summed E-state index contributed by atoms with van der Waals surface area (Å²) >= 11 is 3.47. The average molecular weight is 465 g/mol. The van der Waals surface area contributed by atoms with Crippen LogP contribution in [0.1, 0.15) is 30.4 Å². The fraction of sp³-hybridized carbons (Fsp3) is 0.227. The van der Waals surface area contributed by atoms with E-state index >= 15 is 0 Å². The molecular weight excluding hydrogens is 444 g/mol. The van der Waals surface area contributed by atoms with Gasteiger partial charge in [-0.1, -0.05) is 34.6 Å². The van der Waals surface area contributed by atoms with Crippen LogP contribution < -0.4 is 16.0 Å². The number of fused-ring (bicyclic) bond motifs is 1. The van der Waals surface area contributed by atoms with Crippen molar-refractivity contribution in [3.05, 3.63) is 70.0 Å². The number of rotatable bonds is 6. The van der Waals surface area contributed by atoms with Gasteiger partial charge in [-0.2, -0.15) is 9.61 Å². The Bertz CT molecular complexity index is 1180. The van der Waals surface area contributed by atoms with Gasteiger partial charge in [0.25, 0.3) is 0 Å². The fourth-order valence-electron chi connectivity index (χ4n) is 3.41. The molecule has 0 atom stereocenters. The number of aromatic nitrogens is 3. The van der Waals surface area contributed by atoms with Crippen molar-refractivity contribution >= 4 is 45.2 Å². The number of anilines is 2. The number of halogens is 1. The Labute approximate surface area is 182 Å². The summed E-state index contributed by atoms with van der Waals surface area (Å²) in [4.78, 5) is 16.5. The highest BCUT2D eigenvalue weighted by molar-refractivity contribution is 9.10. The lowest BCUT2D eigenvalue weighted by Gasteiger charge is -2.12. The number of nitrogens with one attached hydrogen (secondary N) is 3. The molecule has 0 bridgehead atoms. The van der Waals surface area contributed by atoms with Gasteiger partial charge in [-0.15, -0.1) is 0 Å². The summed E-state index contributed by atoms with van der Waals surface area (Å²) in [7, 11) is 0. The van der Waals surface area contributed by atoms with E-state index in [1.54, 1.807) is 6.20 Å². The molecule has 3 N–H and O–H groups in total. The van der Waals surface area contributed by atoms with Crippen LogP contribution >= 0.6 is 15.9 Å². The van der Waals surface area contributed by atoms with Crippen LogP contribution in [0.4, 0.5) is 11.6 Å². The first-order chi connectivity index (χ1) is 14.5. The van der Waals surface area contributed by atoms with Gasteiger partial charge in [0, 0.05) is 34.4 Å². The largest absolute Gasteiger partial charge is 0.367 e. The van der Waals surface area contributed by atoms with Crippen LogP contribution in [0.5, 0.6) is 0 Å². The predicted molar refractivity (Wildman–Crippen MR) is 121 cm³/mol. The SMILES string of the molecule is C=C1NC(=O)C/C1=C\c1cnn2c(NC3CC3)cc(NCc3ccc(Br)cc3)nc12. The maximum absolute atomic E-state index is 11.7. The van der Waals surface area contributed by atoms with E-state index in [9.17, 15) is 4.79 Å². The highest BCUT2D eigenvalue weighted by atomic mass is 79.9. The van der Waals surface area contributed by atoms with Gasteiger partial charge in [0.2, 0.25) is 5.91 Å². The van der Waals surface area contributed by atoms with E-state index in [0.717, 1.165) is 45.7 Å². The normalized spacial score (nSPS) is 17.6. The molecule has 2 aromatic heterocycles. The van der Waals surface area contributed by atoms with Crippen molar-refractivity contribution < 1.29 is 4.79 Å². The van der Waals surface area contributed by atoms with Crippen molar-refractivity contribution in [1.29, 1.82) is 0 Å². The van der Waals surface area contributed by atoms with E-state index in [1.807, 2.05) is 28.8 Å². The maximum Gasteiger partial charge on any atom is 0.228 e. The molecule has 1 saturated carbocycles. The maximum atomic E-state index is 11.7. The summed E-state index contributed by atoms with van der Waals surface area (Å²) in [5.74, 6) is 1.64. The van der Waals surface area contributed by atoms with Crippen LogP contribution in [0.2, 0.25) is 0 Å². The zero-order valence-corrected chi connectivity index (χ0v) is 17.9. The molecule has 3 aromatic rings. The number of allylic oxidation sites excluding steroid dienone is 1. The third-order valence-corrected chi connectivity index (χ3v) is 5.70. The van der Waals surface area contributed by atoms with Crippen molar-refractivity contribution in [3.8, 4) is 0 Å². The molecule has 3 heterocycles. The molecule has 2 aliphatic rings. The number of nitrogens with zero attached hydrogens (tertiary/aromatic N) is 3. The monoisotopic (exact) mass is 464 g/mol. The van der Waals surface area contributed by atoms with Gasteiger partial charge >= 0.3 is 0 Å². The number of hydrogen-bond acceptors (Lipinski definition) is 5. The van der Waals surface area contributed by atoms with Crippen LogP contribution in [0, 0.1) is 0 Å². The zero-order valence-electron chi connectivity index (χ0n) is 16.3. The topological polar surface area (TPSA) is 83.4 Å². The Morgan fingerprint density at radius 3 is 2.80 bits per heavy atom. The first kappa shape index (κ1) is 18.9. The van der Waals surface area contributed by atoms with Gasteiger partial charge < -0.3 is 16.0 Å². The highest BCUT2D eigenvalue weighted by Crippen LogP contribution is 2.29. The molecule has 30 heavy (non-hydrogen) atoms. The number of amides is 1. The van der Waals surface area contributed by atoms with Crippen LogP contribution in [0.25, 0.3) is 11.7 Å². The van der Waals surface area contributed by atoms with Gasteiger partial charge in [-0.05, 0) is 42.2 Å². The molecule has 8 heteroatoms. The number of carbonyl (C=O) groups is 1. The average Bonchev–Trinajstić information content (AvgIpc) is 3.36. The van der Waals surface area contributed by atoms with Crippen molar-refractivity contribution in [2.75, 3.05) is 10.6 Å². The Balaban J connectivity index is 1.49. The number of benzene rings is 1. The molecule has 7 nitrogen and oxygen atoms in total. The van der Waals surface area contributed by atoms with Gasteiger partial charge in [-0.25, -0.2) is 4.98 Å². The van der Waals surface area contributed by atoms with E-state index in [1.165, 1.54) is 5.56 Å². The standard InChI is InChI=1S/C22H21BrN6O/c1-13-15(9-21(30)26-13)8-16-12-25-29-20(27-18-6-7-18)10-19(28-22(16)29)24-11-14-2-4-17(23)5-3-14/h2-5,8,10,12,18,27H,1,6-7,9,11H2,(H,24,28)(H,26,30)/b15-8+. The molecule has 0 radical (unpaired) electrons. The van der Waals surface area contributed by atoms with Crippen molar-refractivity contribution in [3.63, 3.8) is 0 Å². The molecule has 0 unspecified atom stereocenters. The van der Waals surface area contributed by atoms with E-state index in [4.69, 9.17) is 4.98 Å². The minimum atomic E-state index is -0.0383. The third kappa shape index (κ3) is 3.95. The zero-order chi connectivity index (χ0) is 20.7. The third-order valence-electron chi connectivity index (χ3n) is 5.17. The highest BCUT2D eigenvalue weighted by Gasteiger charge is 2.24. The lowest BCUT2D eigenvalue weighted by atomic mass is 10.1. The molecule has 1 aromatic carbocycles. The van der Waals surface area contributed by atoms with E-state index < -0.39 is 0 Å². The van der Waals surface area contributed by atoms with E-state index in [-0.39, 0.29) is 5.91 Å². The van der Waals surface area contributed by atoms with Crippen LogP contribution in [0.15, 0.2) is 58.9 Å². The summed E-state index contributed by atoms with van der Waals surface area (Å²) in [5.41, 5.74) is 4.26. The van der Waals surface area contributed by atoms with E-state index in [2.05, 4.69) is 55.7 Å². The van der Waals surface area contributed by atoms with Crippen molar-refractivity contribution in [2.45, 2.75) is 31.8 Å². The lowest BCUT2D eigenvalue weighted by Crippen LogP contribution is -2.10. The smallest absolute Gasteiger partial charge is 0.228 e. The molecule has 1 aliphatic carbocycles. The molecule has 1 saturated heterocycles. The Hall–Kier alpha value is -3.13.